The molecule has 25 heteroatoms. The van der Waals surface area contributed by atoms with Crippen LogP contribution in [0.5, 0.6) is 0 Å². The maximum absolute atomic E-state index is 13.2. The van der Waals surface area contributed by atoms with E-state index < -0.39 is 5.97 Å². The number of pyridine rings is 5. The average molecular weight is 1220 g/mol. The molecule has 11 rings (SSSR count). The lowest BCUT2D eigenvalue weighted by atomic mass is 9.96. The smallest absolute Gasteiger partial charge is 0.358 e. The molecular formula is C60H62ClN17O4S3. The summed E-state index contributed by atoms with van der Waals surface area (Å²) >= 11 is 9.95. The molecule has 11 heterocycles. The van der Waals surface area contributed by atoms with E-state index in [0.717, 1.165) is 52.2 Å². The van der Waals surface area contributed by atoms with Gasteiger partial charge < -0.3 is 21.1 Å². The molecule has 0 bridgehead atoms. The van der Waals surface area contributed by atoms with E-state index in [0.29, 0.717) is 64.4 Å². The van der Waals surface area contributed by atoms with Crippen LogP contribution in [-0.2, 0) is 4.74 Å². The van der Waals surface area contributed by atoms with E-state index in [1.54, 1.807) is 68.9 Å². The van der Waals surface area contributed by atoms with E-state index in [4.69, 9.17) is 22.1 Å². The minimum Gasteiger partial charge on any atom is -0.461 e. The highest BCUT2D eigenvalue weighted by Gasteiger charge is 2.24. The van der Waals surface area contributed by atoms with Crippen LogP contribution >= 0.6 is 45.6 Å². The van der Waals surface area contributed by atoms with Crippen molar-refractivity contribution in [3.05, 3.63) is 188 Å². The largest absolute Gasteiger partial charge is 0.461 e. The van der Waals surface area contributed by atoms with Gasteiger partial charge in [-0.05, 0) is 130 Å². The number of halogens is 1. The summed E-state index contributed by atoms with van der Waals surface area (Å²) < 4.78 is 6.97. The number of carbonyl (C=O) groups is 3. The fourth-order valence-electron chi connectivity index (χ4n) is 8.39. The molecule has 11 aromatic heterocycles. The number of Topliss-reactive ketones (excluding diaryl/α,β-unsaturated/α-hetero) is 2. The average Bonchev–Trinajstić information content (AvgIpc) is 3.58. The summed E-state index contributed by atoms with van der Waals surface area (Å²) in [6.45, 7) is 17.7. The van der Waals surface area contributed by atoms with Crippen LogP contribution in [0, 0.1) is 20.8 Å². The Balaban J connectivity index is 0.000000160. The van der Waals surface area contributed by atoms with Crippen LogP contribution < -0.4 is 16.4 Å². The molecule has 85 heavy (non-hydrogen) atoms. The number of esters is 1. The lowest BCUT2D eigenvalue weighted by Gasteiger charge is -2.15. The quantitative estimate of drug-likeness (QED) is 0.0433. The van der Waals surface area contributed by atoms with Crippen molar-refractivity contribution < 1.29 is 19.1 Å². The molecule has 0 aliphatic carbocycles. The summed E-state index contributed by atoms with van der Waals surface area (Å²) in [5.41, 5.74) is 13.3. The van der Waals surface area contributed by atoms with Gasteiger partial charge >= 0.3 is 5.97 Å². The van der Waals surface area contributed by atoms with Crippen molar-refractivity contribution in [3.63, 3.8) is 0 Å². The number of nitrogens with two attached hydrogens (primary N) is 1. The number of aromatic nitrogens is 14. The highest BCUT2D eigenvalue weighted by Crippen LogP contribution is 2.32. The maximum atomic E-state index is 13.2. The normalized spacial score (nSPS) is 12.7. The van der Waals surface area contributed by atoms with Gasteiger partial charge in [-0.25, -0.2) is 34.7 Å². The first-order valence-electron chi connectivity index (χ1n) is 27.1. The lowest BCUT2D eigenvalue weighted by Crippen LogP contribution is -2.13. The maximum Gasteiger partial charge on any atom is 0.358 e. The molecule has 21 nitrogen and oxygen atoms in total. The van der Waals surface area contributed by atoms with Crippen LogP contribution in [0.1, 0.15) is 159 Å². The second-order valence-corrected chi connectivity index (χ2v) is 23.5. The van der Waals surface area contributed by atoms with Crippen LogP contribution in [0.2, 0.25) is 5.28 Å². The minimum absolute atomic E-state index is 0.000790. The van der Waals surface area contributed by atoms with Crippen molar-refractivity contribution in [2.24, 2.45) is 5.73 Å². The van der Waals surface area contributed by atoms with Gasteiger partial charge in [0.25, 0.3) is 0 Å². The Kier molecular flexibility index (Phi) is 21.8. The number of carbonyl (C=O) groups excluding carboxylic acids is 3. The van der Waals surface area contributed by atoms with Gasteiger partial charge in [-0.1, -0.05) is 44.2 Å². The van der Waals surface area contributed by atoms with Crippen LogP contribution in [0.15, 0.2) is 123 Å². The van der Waals surface area contributed by atoms with Gasteiger partial charge in [0, 0.05) is 80.9 Å². The Labute approximate surface area is 508 Å². The number of nitrogens with zero attached hydrogens (tertiary/aromatic N) is 14. The van der Waals surface area contributed by atoms with E-state index in [9.17, 15) is 14.4 Å². The first-order chi connectivity index (χ1) is 40.9. The third-order valence-corrected chi connectivity index (χ3v) is 15.9. The zero-order chi connectivity index (χ0) is 60.6. The topological polar surface area (TPSA) is 291 Å². The third-order valence-electron chi connectivity index (χ3n) is 12.8. The van der Waals surface area contributed by atoms with E-state index >= 15 is 0 Å². The highest BCUT2D eigenvalue weighted by molar-refractivity contribution is 7.19. The number of rotatable bonds is 17. The number of fused-ring (bicyclic) bond motifs is 3. The summed E-state index contributed by atoms with van der Waals surface area (Å²) in [6.07, 6.45) is 18.3. The lowest BCUT2D eigenvalue weighted by molar-refractivity contribution is 0.0521. The fourth-order valence-corrected chi connectivity index (χ4v) is 11.1. The number of ketones is 2. The summed E-state index contributed by atoms with van der Waals surface area (Å²) in [5, 5.41) is 9.07. The van der Waals surface area contributed by atoms with Crippen molar-refractivity contribution in [1.82, 2.24) is 69.8 Å². The second-order valence-electron chi connectivity index (χ2n) is 19.5. The van der Waals surface area contributed by atoms with Gasteiger partial charge in [0.2, 0.25) is 17.2 Å². The van der Waals surface area contributed by atoms with Crippen molar-refractivity contribution in [1.29, 1.82) is 0 Å². The predicted molar refractivity (Wildman–Crippen MR) is 333 cm³/mol. The number of hydrogen-bond donors (Lipinski definition) is 3. The molecular weight excluding hydrogens is 1150 g/mol. The second kappa shape index (κ2) is 29.7. The first-order valence-corrected chi connectivity index (χ1v) is 29.9. The van der Waals surface area contributed by atoms with Gasteiger partial charge in [0.15, 0.2) is 34.2 Å². The van der Waals surface area contributed by atoms with Crippen LogP contribution in [0.25, 0.3) is 31.0 Å². The molecule has 0 amide bonds. The van der Waals surface area contributed by atoms with Gasteiger partial charge in [-0.3, -0.25) is 34.5 Å². The number of ether oxygens (including phenoxy) is 1. The van der Waals surface area contributed by atoms with Gasteiger partial charge in [-0.15, -0.1) is 34.0 Å². The van der Waals surface area contributed by atoms with Gasteiger partial charge in [0.1, 0.15) is 25.5 Å². The number of thiazole rings is 3. The molecule has 0 aliphatic heterocycles. The minimum atomic E-state index is -0.500. The summed E-state index contributed by atoms with van der Waals surface area (Å²) in [6, 6.07) is 19.3. The number of hydrogen-bond acceptors (Lipinski definition) is 24. The Morgan fingerprint density at radius 1 is 0.494 bits per heavy atom. The summed E-state index contributed by atoms with van der Waals surface area (Å²) in [7, 11) is 0. The number of nitrogens with one attached hydrogen (secondary N) is 2. The Morgan fingerprint density at radius 2 is 0.847 bits per heavy atom. The van der Waals surface area contributed by atoms with Crippen molar-refractivity contribution >= 4 is 106 Å². The fraction of sp³-hybridized carbons (Fsp3) is 0.283. The zero-order valence-corrected chi connectivity index (χ0v) is 51.3. The van der Waals surface area contributed by atoms with E-state index in [1.165, 1.54) is 34.0 Å². The van der Waals surface area contributed by atoms with Gasteiger partial charge in [0.05, 0.1) is 33.7 Å². The van der Waals surface area contributed by atoms with Crippen LogP contribution in [-0.4, -0.2) is 93.9 Å². The van der Waals surface area contributed by atoms with Crippen LogP contribution in [0.4, 0.5) is 11.9 Å². The molecule has 436 valence electrons. The van der Waals surface area contributed by atoms with Crippen molar-refractivity contribution in [2.45, 2.75) is 105 Å². The third kappa shape index (κ3) is 17.0. The van der Waals surface area contributed by atoms with Crippen LogP contribution in [0.3, 0.4) is 0 Å². The van der Waals surface area contributed by atoms with Gasteiger partial charge in [-0.2, -0.15) is 15.0 Å². The molecule has 0 aliphatic rings. The van der Waals surface area contributed by atoms with E-state index in [1.807, 2.05) is 116 Å². The molecule has 0 spiro atoms. The Hall–Kier alpha value is -8.68. The highest BCUT2D eigenvalue weighted by atomic mass is 35.5. The summed E-state index contributed by atoms with van der Waals surface area (Å²) in [4.78, 5) is 97.8. The van der Waals surface area contributed by atoms with Crippen molar-refractivity contribution in [3.8, 4) is 0 Å². The molecule has 0 fully saturated rings. The molecule has 0 aromatic carbocycles. The standard InChI is InChI=1S/2C22H22N6OS.C9H8ClN3O2S.C7H10N2/c2*1-13(16-6-4-8-23-11-16)10-18(29)19-20-21(26-15(3)30-20)28-22(27-19)25-14(2)17-7-5-9-24-12-17;1-3-15-8(14)5-6-7(11-4(2)16-6)13-9(10)12-5;1-6(8)7-3-2-4-9-5-7/h2*4-9,11-14H,10H2,1-3H3,(H,25,27,28);3H2,1-2H3;2-6H,8H2,1H3/t2*13-,14+;;6-/m11.0/s1. The molecule has 0 unspecified atom stereocenters. The molecule has 0 saturated carbocycles. The molecule has 4 N–H and O–H groups in total. The SMILES string of the molecule is CCOC(=O)c1nc(Cl)nc2nc(C)sc12.C[C@H](N)c1cccnc1.Cc1nc2nc(N[C@@H](C)c3cccnc3)nc(C(=O)C[C@@H](C)c3cccnc3)c2s1.Cc1nc2nc(N[C@@H](C)c3cccnc3)nc(C(=O)C[C@@H](C)c3cccnc3)c2s1. The molecule has 5 atom stereocenters. The van der Waals surface area contributed by atoms with E-state index in [-0.39, 0.29) is 52.5 Å². The Bertz CT molecular complexity index is 3810. The van der Waals surface area contributed by atoms with Crippen molar-refractivity contribution in [2.75, 3.05) is 17.2 Å². The first kappa shape index (κ1) is 62.4. The number of anilines is 2. The zero-order valence-electron chi connectivity index (χ0n) is 48.1. The molecule has 0 saturated heterocycles. The molecule has 0 radical (unpaired) electrons. The van der Waals surface area contributed by atoms with E-state index in [2.05, 4.69) is 80.4 Å². The summed E-state index contributed by atoms with van der Waals surface area (Å²) in [5.74, 6) is 0.300. The predicted octanol–water partition coefficient (Wildman–Crippen LogP) is 12.8. The Morgan fingerprint density at radius 3 is 1.19 bits per heavy atom. The number of aryl methyl sites for hydroxylation is 3. The molecule has 11 aromatic rings. The monoisotopic (exact) mass is 1220 g/mol.